The highest BCUT2D eigenvalue weighted by Crippen LogP contribution is 2.14. The molecule has 1 heterocycles. The Morgan fingerprint density at radius 3 is 2.63 bits per heavy atom. The molecular formula is C14H15ClN4. The molecule has 1 aromatic heterocycles. The molecule has 0 aliphatic rings. The maximum atomic E-state index is 5.85. The van der Waals surface area contributed by atoms with Crippen LogP contribution in [0.25, 0.3) is 12.2 Å². The average Bonchev–Trinajstić information content (AvgIpc) is 2.81. The van der Waals surface area contributed by atoms with Crippen molar-refractivity contribution in [3.05, 3.63) is 58.9 Å². The van der Waals surface area contributed by atoms with Gasteiger partial charge in [0.1, 0.15) is 5.69 Å². The van der Waals surface area contributed by atoms with E-state index in [9.17, 15) is 0 Å². The van der Waals surface area contributed by atoms with Crippen LogP contribution < -0.4 is 5.73 Å². The van der Waals surface area contributed by atoms with Crippen LogP contribution in [-0.2, 0) is 13.1 Å². The summed E-state index contributed by atoms with van der Waals surface area (Å²) in [6.07, 6.45) is 5.71. The molecule has 98 valence electrons. The third kappa shape index (κ3) is 3.30. The minimum atomic E-state index is 0.359. The Balaban J connectivity index is 2.28. The molecule has 4 nitrogen and oxygen atoms in total. The summed E-state index contributed by atoms with van der Waals surface area (Å²) in [5.41, 5.74) is 8.38. The number of nitrogens with zero attached hydrogens (tertiary/aromatic N) is 3. The fraction of sp³-hybridized carbons (Fsp3) is 0.143. The predicted molar refractivity (Wildman–Crippen MR) is 78.5 cm³/mol. The van der Waals surface area contributed by atoms with Gasteiger partial charge in [-0.25, -0.2) is 4.68 Å². The van der Waals surface area contributed by atoms with E-state index in [1.807, 2.05) is 36.4 Å². The Hall–Kier alpha value is -1.91. The Labute approximate surface area is 117 Å². The van der Waals surface area contributed by atoms with Crippen LogP contribution in [0.5, 0.6) is 0 Å². The molecule has 0 aliphatic carbocycles. The van der Waals surface area contributed by atoms with Gasteiger partial charge in [-0.2, -0.15) is 0 Å². The van der Waals surface area contributed by atoms with Crippen molar-refractivity contribution in [3.63, 3.8) is 0 Å². The van der Waals surface area contributed by atoms with Crippen molar-refractivity contribution in [1.29, 1.82) is 0 Å². The first-order valence-corrected chi connectivity index (χ1v) is 6.29. The Kier molecular flexibility index (Phi) is 4.49. The predicted octanol–water partition coefficient (Wildman–Crippen LogP) is 2.75. The lowest BCUT2D eigenvalue weighted by Gasteiger charge is -2.00. The first kappa shape index (κ1) is 13.5. The minimum Gasteiger partial charge on any atom is -0.325 e. The van der Waals surface area contributed by atoms with Gasteiger partial charge in [0.05, 0.1) is 12.2 Å². The number of hydrogen-bond acceptors (Lipinski definition) is 3. The number of benzene rings is 1. The van der Waals surface area contributed by atoms with Gasteiger partial charge < -0.3 is 5.73 Å². The Morgan fingerprint density at radius 1 is 1.26 bits per heavy atom. The van der Waals surface area contributed by atoms with Crippen molar-refractivity contribution in [2.24, 2.45) is 5.73 Å². The lowest BCUT2D eigenvalue weighted by atomic mass is 10.2. The number of aromatic nitrogens is 3. The van der Waals surface area contributed by atoms with Crippen molar-refractivity contribution in [2.75, 3.05) is 0 Å². The van der Waals surface area contributed by atoms with Crippen LogP contribution in [0, 0.1) is 0 Å². The molecule has 0 spiro atoms. The maximum Gasteiger partial charge on any atom is 0.104 e. The Morgan fingerprint density at radius 2 is 2.00 bits per heavy atom. The molecule has 0 aliphatic heterocycles. The topological polar surface area (TPSA) is 56.7 Å². The van der Waals surface area contributed by atoms with E-state index in [0.717, 1.165) is 22.0 Å². The van der Waals surface area contributed by atoms with Crippen LogP contribution in [0.15, 0.2) is 36.9 Å². The highest BCUT2D eigenvalue weighted by Gasteiger charge is 2.07. The van der Waals surface area contributed by atoms with E-state index >= 15 is 0 Å². The van der Waals surface area contributed by atoms with Gasteiger partial charge in [-0.15, -0.1) is 11.7 Å². The normalized spacial score (nSPS) is 11.1. The quantitative estimate of drug-likeness (QED) is 0.853. The molecule has 0 saturated heterocycles. The maximum absolute atomic E-state index is 5.85. The molecule has 0 radical (unpaired) electrons. The lowest BCUT2D eigenvalue weighted by molar-refractivity contribution is 0.657. The molecule has 0 fully saturated rings. The summed E-state index contributed by atoms with van der Waals surface area (Å²) in [5.74, 6) is 0. The molecule has 0 bridgehead atoms. The number of nitrogens with two attached hydrogens (primary N) is 1. The molecule has 0 atom stereocenters. The molecule has 0 unspecified atom stereocenters. The fourth-order valence-corrected chi connectivity index (χ4v) is 1.82. The van der Waals surface area contributed by atoms with Crippen LogP contribution >= 0.6 is 11.6 Å². The van der Waals surface area contributed by atoms with Crippen molar-refractivity contribution in [3.8, 4) is 0 Å². The zero-order valence-electron chi connectivity index (χ0n) is 10.5. The lowest BCUT2D eigenvalue weighted by Crippen LogP contribution is -2.03. The first-order valence-electron chi connectivity index (χ1n) is 5.91. The van der Waals surface area contributed by atoms with Crippen molar-refractivity contribution < 1.29 is 0 Å². The van der Waals surface area contributed by atoms with E-state index in [-0.39, 0.29) is 0 Å². The number of halogens is 1. The third-order valence-corrected chi connectivity index (χ3v) is 2.90. The van der Waals surface area contributed by atoms with Crippen LogP contribution in [0.4, 0.5) is 0 Å². The van der Waals surface area contributed by atoms with Crippen LogP contribution in [-0.4, -0.2) is 15.0 Å². The molecule has 2 rings (SSSR count). The molecule has 19 heavy (non-hydrogen) atoms. The summed E-state index contributed by atoms with van der Waals surface area (Å²) >= 11 is 5.85. The van der Waals surface area contributed by atoms with Gasteiger partial charge in [0.15, 0.2) is 0 Å². The highest BCUT2D eigenvalue weighted by atomic mass is 35.5. The molecule has 0 saturated carbocycles. The number of rotatable bonds is 5. The van der Waals surface area contributed by atoms with E-state index in [1.165, 1.54) is 0 Å². The second kappa shape index (κ2) is 6.31. The first-order chi connectivity index (χ1) is 9.24. The van der Waals surface area contributed by atoms with Crippen LogP contribution in [0.3, 0.4) is 0 Å². The van der Waals surface area contributed by atoms with Gasteiger partial charge >= 0.3 is 0 Å². The second-order valence-electron chi connectivity index (χ2n) is 3.98. The summed E-state index contributed by atoms with van der Waals surface area (Å²) in [6.45, 7) is 4.66. The molecule has 1 aromatic carbocycles. The average molecular weight is 275 g/mol. The summed E-state index contributed by atoms with van der Waals surface area (Å²) in [6, 6.07) is 7.60. The van der Waals surface area contributed by atoms with Gasteiger partial charge in [0.2, 0.25) is 0 Å². The summed E-state index contributed by atoms with van der Waals surface area (Å²) in [7, 11) is 0. The Bertz CT molecular complexity index is 584. The van der Waals surface area contributed by atoms with Crippen LogP contribution in [0.2, 0.25) is 5.02 Å². The van der Waals surface area contributed by atoms with Gasteiger partial charge in [0, 0.05) is 11.6 Å². The number of hydrogen-bond donors (Lipinski definition) is 1. The number of allylic oxidation sites excluding steroid dienone is 1. The standard InChI is InChI=1S/C14H15ClN4/c1-2-9-19-14(13(10-16)17-18-19)8-5-11-3-6-12(15)7-4-11/h2-8H,1,9-10,16H2/b8-5+. The molecule has 2 N–H and O–H groups in total. The highest BCUT2D eigenvalue weighted by molar-refractivity contribution is 6.30. The van der Waals surface area contributed by atoms with Gasteiger partial charge in [-0.05, 0) is 23.8 Å². The monoisotopic (exact) mass is 274 g/mol. The molecule has 5 heteroatoms. The third-order valence-electron chi connectivity index (χ3n) is 2.65. The minimum absolute atomic E-state index is 0.359. The molecular weight excluding hydrogens is 260 g/mol. The molecule has 0 amide bonds. The van der Waals surface area contributed by atoms with E-state index < -0.39 is 0 Å². The summed E-state index contributed by atoms with van der Waals surface area (Å²) in [5, 5.41) is 8.81. The summed E-state index contributed by atoms with van der Waals surface area (Å²) in [4.78, 5) is 0. The SMILES string of the molecule is C=CCn1nnc(CN)c1/C=C/c1ccc(Cl)cc1. The van der Waals surface area contributed by atoms with Crippen molar-refractivity contribution in [2.45, 2.75) is 13.1 Å². The van der Waals surface area contributed by atoms with Gasteiger partial charge in [0.25, 0.3) is 0 Å². The van der Waals surface area contributed by atoms with Crippen LogP contribution in [0.1, 0.15) is 17.0 Å². The summed E-state index contributed by atoms with van der Waals surface area (Å²) < 4.78 is 1.77. The van der Waals surface area contributed by atoms with Gasteiger partial charge in [-0.3, -0.25) is 0 Å². The fourth-order valence-electron chi connectivity index (χ4n) is 1.69. The zero-order valence-corrected chi connectivity index (χ0v) is 11.2. The molecule has 2 aromatic rings. The van der Waals surface area contributed by atoms with Crippen molar-refractivity contribution in [1.82, 2.24) is 15.0 Å². The van der Waals surface area contributed by atoms with E-state index in [1.54, 1.807) is 10.8 Å². The second-order valence-corrected chi connectivity index (χ2v) is 4.42. The van der Waals surface area contributed by atoms with E-state index in [0.29, 0.717) is 13.1 Å². The van der Waals surface area contributed by atoms with E-state index in [2.05, 4.69) is 16.9 Å². The zero-order chi connectivity index (χ0) is 13.7. The largest absolute Gasteiger partial charge is 0.325 e. The van der Waals surface area contributed by atoms with Crippen molar-refractivity contribution >= 4 is 23.8 Å². The smallest absolute Gasteiger partial charge is 0.104 e. The van der Waals surface area contributed by atoms with E-state index in [4.69, 9.17) is 17.3 Å². The van der Waals surface area contributed by atoms with Gasteiger partial charge in [-0.1, -0.05) is 41.1 Å².